The molecule has 0 bridgehead atoms. The second kappa shape index (κ2) is 7.28. The number of rotatable bonds is 4. The number of hydrogen-bond donors (Lipinski definition) is 1. The fourth-order valence-electron chi connectivity index (χ4n) is 3.08. The van der Waals surface area contributed by atoms with Gasteiger partial charge in [-0.15, -0.1) is 11.8 Å². The molecule has 3 aromatic rings. The summed E-state index contributed by atoms with van der Waals surface area (Å²) in [5.74, 6) is 1.40. The highest BCUT2D eigenvalue weighted by molar-refractivity contribution is 7.99. The van der Waals surface area contributed by atoms with Crippen LogP contribution in [0.25, 0.3) is 11.3 Å². The minimum atomic E-state index is -0.453. The third-order valence-electron chi connectivity index (χ3n) is 4.46. The Labute approximate surface area is 159 Å². The van der Waals surface area contributed by atoms with Crippen LogP contribution < -0.4 is 5.32 Å². The standard InChI is InChI=1S/C20H16N2O4S/c23-20(21-16-11-12-27-19-4-2-1-3-15(16)19)18-10-9-17(26-18)13-5-7-14(8-6-13)22(24)25/h1-10,16H,11-12H2,(H,21,23)/t16-/m1/s1. The zero-order valence-electron chi connectivity index (χ0n) is 14.3. The van der Waals surface area contributed by atoms with Gasteiger partial charge < -0.3 is 9.73 Å². The molecule has 2 aromatic carbocycles. The van der Waals surface area contributed by atoms with Gasteiger partial charge in [-0.25, -0.2) is 0 Å². The van der Waals surface area contributed by atoms with Gasteiger partial charge in [0.25, 0.3) is 11.6 Å². The molecule has 0 fully saturated rings. The van der Waals surface area contributed by atoms with Gasteiger partial charge in [0.1, 0.15) is 5.76 Å². The number of thioether (sulfide) groups is 1. The van der Waals surface area contributed by atoms with Crippen LogP contribution >= 0.6 is 11.8 Å². The van der Waals surface area contributed by atoms with Gasteiger partial charge in [-0.1, -0.05) is 18.2 Å². The summed E-state index contributed by atoms with van der Waals surface area (Å²) in [6.45, 7) is 0. The molecule has 1 atom stereocenters. The molecular formula is C20H16N2O4S. The summed E-state index contributed by atoms with van der Waals surface area (Å²) in [6, 6.07) is 17.4. The number of nitrogens with one attached hydrogen (secondary N) is 1. The number of benzene rings is 2. The van der Waals surface area contributed by atoms with Crippen molar-refractivity contribution in [1.29, 1.82) is 0 Å². The van der Waals surface area contributed by atoms with Gasteiger partial charge >= 0.3 is 0 Å². The van der Waals surface area contributed by atoms with E-state index in [1.54, 1.807) is 36.0 Å². The number of nitro groups is 1. The lowest BCUT2D eigenvalue weighted by atomic mass is 10.0. The maximum absolute atomic E-state index is 12.6. The average molecular weight is 380 g/mol. The second-order valence-electron chi connectivity index (χ2n) is 6.17. The highest BCUT2D eigenvalue weighted by atomic mass is 32.2. The number of amides is 1. The predicted octanol–water partition coefficient (Wildman–Crippen LogP) is 4.82. The number of hydrogen-bond acceptors (Lipinski definition) is 5. The SMILES string of the molecule is O=C(N[C@@H]1CCSc2ccccc21)c1ccc(-c2ccc([N+](=O)[O-])cc2)o1. The molecule has 0 radical (unpaired) electrons. The largest absolute Gasteiger partial charge is 0.451 e. The molecule has 0 saturated carbocycles. The predicted molar refractivity (Wildman–Crippen MR) is 103 cm³/mol. The highest BCUT2D eigenvalue weighted by Crippen LogP contribution is 2.36. The Morgan fingerprint density at radius 3 is 2.67 bits per heavy atom. The van der Waals surface area contributed by atoms with Crippen LogP contribution in [0.2, 0.25) is 0 Å². The molecule has 136 valence electrons. The Kier molecular flexibility index (Phi) is 4.68. The lowest BCUT2D eigenvalue weighted by molar-refractivity contribution is -0.384. The van der Waals surface area contributed by atoms with Crippen LogP contribution in [-0.4, -0.2) is 16.6 Å². The molecule has 0 spiro atoms. The van der Waals surface area contributed by atoms with Crippen molar-refractivity contribution in [2.45, 2.75) is 17.4 Å². The fraction of sp³-hybridized carbons (Fsp3) is 0.150. The van der Waals surface area contributed by atoms with Gasteiger partial charge in [0.2, 0.25) is 0 Å². The van der Waals surface area contributed by atoms with E-state index in [-0.39, 0.29) is 23.4 Å². The van der Waals surface area contributed by atoms with Gasteiger partial charge in [0, 0.05) is 28.3 Å². The molecule has 1 N–H and O–H groups in total. The average Bonchev–Trinajstić information content (AvgIpc) is 3.19. The lowest BCUT2D eigenvalue weighted by Crippen LogP contribution is -2.30. The molecule has 1 aromatic heterocycles. The molecule has 1 aliphatic rings. The van der Waals surface area contributed by atoms with Crippen LogP contribution in [-0.2, 0) is 0 Å². The summed E-state index contributed by atoms with van der Waals surface area (Å²) in [5, 5.41) is 13.8. The summed E-state index contributed by atoms with van der Waals surface area (Å²) in [5.41, 5.74) is 1.82. The molecular weight excluding hydrogens is 364 g/mol. The van der Waals surface area contributed by atoms with Crippen LogP contribution in [0.5, 0.6) is 0 Å². The first-order valence-corrected chi connectivity index (χ1v) is 9.47. The Bertz CT molecular complexity index is 997. The number of fused-ring (bicyclic) bond motifs is 1. The number of furan rings is 1. The number of nitrogens with zero attached hydrogens (tertiary/aromatic N) is 1. The van der Waals surface area contributed by atoms with Crippen LogP contribution in [0.15, 0.2) is 70.0 Å². The molecule has 0 aliphatic carbocycles. The van der Waals surface area contributed by atoms with E-state index in [0.717, 1.165) is 17.7 Å². The summed E-state index contributed by atoms with van der Waals surface area (Å²) in [7, 11) is 0. The van der Waals surface area contributed by atoms with E-state index in [9.17, 15) is 14.9 Å². The van der Waals surface area contributed by atoms with E-state index in [1.807, 2.05) is 18.2 Å². The summed E-state index contributed by atoms with van der Waals surface area (Å²) in [4.78, 5) is 24.1. The van der Waals surface area contributed by atoms with E-state index in [1.165, 1.54) is 17.0 Å². The zero-order valence-corrected chi connectivity index (χ0v) is 15.1. The van der Waals surface area contributed by atoms with Crippen molar-refractivity contribution >= 4 is 23.4 Å². The first-order chi connectivity index (χ1) is 13.1. The number of non-ortho nitro benzene ring substituents is 1. The van der Waals surface area contributed by atoms with Gasteiger partial charge in [-0.2, -0.15) is 0 Å². The van der Waals surface area contributed by atoms with E-state index < -0.39 is 4.92 Å². The van der Waals surface area contributed by atoms with Crippen molar-refractivity contribution in [3.8, 4) is 11.3 Å². The van der Waals surface area contributed by atoms with Crippen LogP contribution in [0.1, 0.15) is 28.6 Å². The van der Waals surface area contributed by atoms with Crippen molar-refractivity contribution in [3.63, 3.8) is 0 Å². The summed E-state index contributed by atoms with van der Waals surface area (Å²) < 4.78 is 5.67. The summed E-state index contributed by atoms with van der Waals surface area (Å²) >= 11 is 1.80. The van der Waals surface area contributed by atoms with Gasteiger partial charge in [-0.3, -0.25) is 14.9 Å². The van der Waals surface area contributed by atoms with Crippen molar-refractivity contribution < 1.29 is 14.1 Å². The van der Waals surface area contributed by atoms with Gasteiger partial charge in [0.15, 0.2) is 5.76 Å². The first kappa shape index (κ1) is 17.4. The van der Waals surface area contributed by atoms with Gasteiger partial charge in [0.05, 0.1) is 11.0 Å². The molecule has 1 aliphatic heterocycles. The molecule has 0 unspecified atom stereocenters. The maximum atomic E-state index is 12.6. The monoisotopic (exact) mass is 380 g/mol. The fourth-order valence-corrected chi connectivity index (χ4v) is 4.21. The van der Waals surface area contributed by atoms with Crippen LogP contribution in [0.4, 0.5) is 5.69 Å². The topological polar surface area (TPSA) is 85.4 Å². The van der Waals surface area contributed by atoms with E-state index in [4.69, 9.17) is 4.42 Å². The molecule has 7 heteroatoms. The molecule has 27 heavy (non-hydrogen) atoms. The summed E-state index contributed by atoms with van der Waals surface area (Å²) in [6.07, 6.45) is 0.864. The Morgan fingerprint density at radius 1 is 1.11 bits per heavy atom. The molecule has 6 nitrogen and oxygen atoms in total. The van der Waals surface area contributed by atoms with Crippen molar-refractivity contribution in [3.05, 3.63) is 82.1 Å². The van der Waals surface area contributed by atoms with Crippen LogP contribution in [0, 0.1) is 10.1 Å². The Hall–Kier alpha value is -3.06. The lowest BCUT2D eigenvalue weighted by Gasteiger charge is -2.25. The van der Waals surface area contributed by atoms with E-state index in [0.29, 0.717) is 11.3 Å². The van der Waals surface area contributed by atoms with E-state index in [2.05, 4.69) is 11.4 Å². The molecule has 0 saturated heterocycles. The molecule has 2 heterocycles. The van der Waals surface area contributed by atoms with Crippen LogP contribution in [0.3, 0.4) is 0 Å². The third-order valence-corrected chi connectivity index (χ3v) is 5.58. The highest BCUT2D eigenvalue weighted by Gasteiger charge is 2.23. The number of carbonyl (C=O) groups is 1. The van der Waals surface area contributed by atoms with E-state index >= 15 is 0 Å². The minimum Gasteiger partial charge on any atom is -0.451 e. The second-order valence-corrected chi connectivity index (χ2v) is 7.31. The maximum Gasteiger partial charge on any atom is 0.287 e. The Morgan fingerprint density at radius 2 is 1.89 bits per heavy atom. The zero-order chi connectivity index (χ0) is 18.8. The quantitative estimate of drug-likeness (QED) is 0.518. The minimum absolute atomic E-state index is 0.0112. The number of nitro benzene ring substituents is 1. The van der Waals surface area contributed by atoms with Crippen molar-refractivity contribution in [2.24, 2.45) is 0 Å². The third kappa shape index (κ3) is 3.59. The van der Waals surface area contributed by atoms with Gasteiger partial charge in [-0.05, 0) is 42.3 Å². The molecule has 1 amide bonds. The number of carbonyl (C=O) groups excluding carboxylic acids is 1. The van der Waals surface area contributed by atoms with Crippen molar-refractivity contribution in [2.75, 3.05) is 5.75 Å². The smallest absolute Gasteiger partial charge is 0.287 e. The first-order valence-electron chi connectivity index (χ1n) is 8.49. The normalized spacial score (nSPS) is 15.8. The van der Waals surface area contributed by atoms with Crippen molar-refractivity contribution in [1.82, 2.24) is 5.32 Å². The Balaban J connectivity index is 1.50. The molecule has 4 rings (SSSR count).